The van der Waals surface area contributed by atoms with E-state index in [9.17, 15) is 0 Å². The minimum Gasteiger partial charge on any atom is -1.00 e. The standard InChI is InChI=1S/C6H13ClNO.BrH/c1-8(6-7)2-4-9-5-3-8;/h2-6H2,1H3;1H/q+1;/p-1. The van der Waals surface area contributed by atoms with Gasteiger partial charge in [-0.25, -0.2) is 0 Å². The van der Waals surface area contributed by atoms with Gasteiger partial charge in [-0.3, -0.25) is 0 Å². The molecule has 0 radical (unpaired) electrons. The van der Waals surface area contributed by atoms with Crippen LogP contribution in [-0.4, -0.2) is 43.8 Å². The van der Waals surface area contributed by atoms with Crippen molar-refractivity contribution in [1.29, 1.82) is 0 Å². The summed E-state index contributed by atoms with van der Waals surface area (Å²) >= 11 is 5.74. The molecule has 0 bridgehead atoms. The Balaban J connectivity index is 0.000000810. The summed E-state index contributed by atoms with van der Waals surface area (Å²) in [5.74, 6) is 0. The van der Waals surface area contributed by atoms with Gasteiger partial charge in [0.15, 0.2) is 6.00 Å². The van der Waals surface area contributed by atoms with Gasteiger partial charge in [0, 0.05) is 0 Å². The van der Waals surface area contributed by atoms with Crippen molar-refractivity contribution >= 4 is 11.6 Å². The molecule has 4 heteroatoms. The van der Waals surface area contributed by atoms with Gasteiger partial charge < -0.3 is 26.2 Å². The molecule has 1 aliphatic heterocycles. The summed E-state index contributed by atoms with van der Waals surface area (Å²) in [4.78, 5) is 0. The van der Waals surface area contributed by atoms with Crippen LogP contribution in [0.25, 0.3) is 0 Å². The van der Waals surface area contributed by atoms with Crippen molar-refractivity contribution in [2.24, 2.45) is 0 Å². The minimum absolute atomic E-state index is 0. The molecule has 0 atom stereocenters. The third kappa shape index (κ3) is 2.74. The SMILES string of the molecule is C[N+]1(CCl)CCOCC1.[Br-]. The van der Waals surface area contributed by atoms with Crippen LogP contribution in [0, 0.1) is 0 Å². The molecule has 1 rings (SSSR count). The highest BCUT2D eigenvalue weighted by molar-refractivity contribution is 6.16. The van der Waals surface area contributed by atoms with E-state index in [1.807, 2.05) is 0 Å². The number of hydrogen-bond donors (Lipinski definition) is 0. The van der Waals surface area contributed by atoms with E-state index in [-0.39, 0.29) is 17.0 Å². The molecular formula is C6H13BrClNO. The molecule has 0 aliphatic carbocycles. The highest BCUT2D eigenvalue weighted by Crippen LogP contribution is 2.07. The second kappa shape index (κ2) is 4.54. The highest BCUT2D eigenvalue weighted by atomic mass is 79.9. The number of likely N-dealkylation sites (N-methyl/N-ethyl adjacent to an activating group) is 1. The van der Waals surface area contributed by atoms with Crippen LogP contribution in [-0.2, 0) is 4.74 Å². The molecule has 1 heterocycles. The molecule has 0 saturated carbocycles. The van der Waals surface area contributed by atoms with E-state index in [0.717, 1.165) is 30.8 Å². The van der Waals surface area contributed by atoms with Gasteiger partial charge in [0.1, 0.15) is 13.1 Å². The van der Waals surface area contributed by atoms with Gasteiger partial charge in [0.05, 0.1) is 20.3 Å². The van der Waals surface area contributed by atoms with Gasteiger partial charge in [0.25, 0.3) is 0 Å². The number of hydrogen-bond acceptors (Lipinski definition) is 1. The lowest BCUT2D eigenvalue weighted by Gasteiger charge is -2.35. The highest BCUT2D eigenvalue weighted by Gasteiger charge is 2.23. The largest absolute Gasteiger partial charge is 1.00 e. The van der Waals surface area contributed by atoms with Crippen LogP contribution in [0.15, 0.2) is 0 Å². The Morgan fingerprint density at radius 3 is 2.20 bits per heavy atom. The van der Waals surface area contributed by atoms with Gasteiger partial charge in [-0.05, 0) is 0 Å². The van der Waals surface area contributed by atoms with E-state index in [1.54, 1.807) is 0 Å². The Morgan fingerprint density at radius 1 is 1.40 bits per heavy atom. The van der Waals surface area contributed by atoms with E-state index in [4.69, 9.17) is 16.3 Å². The van der Waals surface area contributed by atoms with Crippen molar-refractivity contribution in [2.45, 2.75) is 0 Å². The van der Waals surface area contributed by atoms with Crippen LogP contribution in [0.2, 0.25) is 0 Å². The van der Waals surface area contributed by atoms with Crippen LogP contribution in [0.3, 0.4) is 0 Å². The Morgan fingerprint density at radius 2 is 1.90 bits per heavy atom. The Kier molecular flexibility index (Phi) is 4.86. The maximum Gasteiger partial charge on any atom is 0.154 e. The van der Waals surface area contributed by atoms with Gasteiger partial charge in [-0.15, -0.1) is 0 Å². The topological polar surface area (TPSA) is 9.23 Å². The fraction of sp³-hybridized carbons (Fsp3) is 1.00. The molecule has 2 nitrogen and oxygen atoms in total. The summed E-state index contributed by atoms with van der Waals surface area (Å²) in [6, 6.07) is 0.712. The number of rotatable bonds is 1. The first-order chi connectivity index (χ1) is 4.27. The van der Waals surface area contributed by atoms with Crippen molar-refractivity contribution in [2.75, 3.05) is 39.4 Å². The van der Waals surface area contributed by atoms with Gasteiger partial charge >= 0.3 is 0 Å². The van der Waals surface area contributed by atoms with Crippen molar-refractivity contribution in [3.63, 3.8) is 0 Å². The molecule has 1 saturated heterocycles. The lowest BCUT2D eigenvalue weighted by atomic mass is 10.4. The zero-order chi connectivity index (χ0) is 6.74. The summed E-state index contributed by atoms with van der Waals surface area (Å²) in [6.07, 6.45) is 0. The molecule has 1 fully saturated rings. The first-order valence-corrected chi connectivity index (χ1v) is 3.78. The van der Waals surface area contributed by atoms with Crippen molar-refractivity contribution in [3.8, 4) is 0 Å². The number of ether oxygens (including phenoxy) is 1. The van der Waals surface area contributed by atoms with Crippen LogP contribution in [0.5, 0.6) is 0 Å². The summed E-state index contributed by atoms with van der Waals surface area (Å²) in [5.41, 5.74) is 0. The van der Waals surface area contributed by atoms with Crippen LogP contribution >= 0.6 is 11.6 Å². The van der Waals surface area contributed by atoms with Crippen molar-refractivity contribution in [3.05, 3.63) is 0 Å². The Labute approximate surface area is 77.5 Å². The number of morpholine rings is 1. The van der Waals surface area contributed by atoms with E-state index in [1.165, 1.54) is 0 Å². The maximum absolute atomic E-state index is 5.74. The number of halogens is 2. The molecular weight excluding hydrogens is 217 g/mol. The third-order valence-corrected chi connectivity index (χ3v) is 2.42. The minimum atomic E-state index is 0. The van der Waals surface area contributed by atoms with Crippen molar-refractivity contribution in [1.82, 2.24) is 0 Å². The first kappa shape index (κ1) is 10.7. The fourth-order valence-corrected chi connectivity index (χ4v) is 1.14. The lowest BCUT2D eigenvalue weighted by Crippen LogP contribution is -3.00. The zero-order valence-electron chi connectivity index (χ0n) is 6.15. The van der Waals surface area contributed by atoms with E-state index in [0.29, 0.717) is 6.00 Å². The summed E-state index contributed by atoms with van der Waals surface area (Å²) in [6.45, 7) is 3.85. The fourth-order valence-electron chi connectivity index (χ4n) is 0.903. The molecule has 0 unspecified atom stereocenters. The van der Waals surface area contributed by atoms with Gasteiger partial charge in [-0.2, -0.15) is 0 Å². The molecule has 10 heavy (non-hydrogen) atoms. The summed E-state index contributed by atoms with van der Waals surface area (Å²) in [7, 11) is 2.16. The number of quaternary nitrogens is 1. The molecule has 0 amide bonds. The number of alkyl halides is 1. The average molecular weight is 231 g/mol. The van der Waals surface area contributed by atoms with E-state index in [2.05, 4.69) is 7.05 Å². The predicted molar refractivity (Wildman–Crippen MR) is 37.5 cm³/mol. The van der Waals surface area contributed by atoms with E-state index < -0.39 is 0 Å². The van der Waals surface area contributed by atoms with Crippen molar-refractivity contribution < 1.29 is 26.2 Å². The average Bonchev–Trinajstić information content (AvgIpc) is 1.90. The molecule has 62 valence electrons. The second-order valence-corrected chi connectivity index (χ2v) is 3.04. The van der Waals surface area contributed by atoms with E-state index >= 15 is 0 Å². The Hall–Kier alpha value is 0.690. The molecule has 0 aromatic rings. The smallest absolute Gasteiger partial charge is 0.154 e. The number of nitrogens with zero attached hydrogens (tertiary/aromatic N) is 1. The predicted octanol–water partition coefficient (Wildman–Crippen LogP) is -2.34. The second-order valence-electron chi connectivity index (χ2n) is 2.80. The Bertz CT molecular complexity index is 95.7. The lowest BCUT2D eigenvalue weighted by molar-refractivity contribution is -0.906. The van der Waals surface area contributed by atoms with Gasteiger partial charge in [0.2, 0.25) is 0 Å². The zero-order valence-corrected chi connectivity index (χ0v) is 8.49. The van der Waals surface area contributed by atoms with Gasteiger partial charge in [-0.1, -0.05) is 11.6 Å². The quantitative estimate of drug-likeness (QED) is 0.279. The molecule has 1 aliphatic rings. The third-order valence-electron chi connectivity index (χ3n) is 1.84. The monoisotopic (exact) mass is 229 g/mol. The molecule has 0 aromatic heterocycles. The van der Waals surface area contributed by atoms with Crippen LogP contribution in [0.1, 0.15) is 0 Å². The normalized spacial score (nSPS) is 23.4. The maximum atomic E-state index is 5.74. The summed E-state index contributed by atoms with van der Waals surface area (Å²) < 4.78 is 6.15. The molecule has 0 N–H and O–H groups in total. The van der Waals surface area contributed by atoms with Crippen LogP contribution in [0.4, 0.5) is 0 Å². The summed E-state index contributed by atoms with van der Waals surface area (Å²) in [5, 5.41) is 0. The van der Waals surface area contributed by atoms with Crippen LogP contribution < -0.4 is 17.0 Å². The molecule has 0 aromatic carbocycles. The molecule has 0 spiro atoms. The first-order valence-electron chi connectivity index (χ1n) is 3.24.